The maximum Gasteiger partial charge on any atom is 0.126 e. The molecule has 0 aromatic heterocycles. The van der Waals surface area contributed by atoms with E-state index in [1.165, 1.54) is 12.8 Å². The average Bonchev–Trinajstić information content (AvgIpc) is 2.71. The van der Waals surface area contributed by atoms with Crippen LogP contribution >= 0.6 is 0 Å². The Bertz CT molecular complexity index is 183. The van der Waals surface area contributed by atoms with Gasteiger partial charge in [-0.3, -0.25) is 4.99 Å². The van der Waals surface area contributed by atoms with Crippen molar-refractivity contribution in [1.29, 1.82) is 0 Å². The molecule has 2 N–H and O–H groups in total. The van der Waals surface area contributed by atoms with Crippen LogP contribution in [0.2, 0.25) is 0 Å². The van der Waals surface area contributed by atoms with Crippen LogP contribution in [-0.2, 0) is 4.74 Å². The Kier molecular flexibility index (Phi) is 2.73. The van der Waals surface area contributed by atoms with Gasteiger partial charge < -0.3 is 10.5 Å². The van der Waals surface area contributed by atoms with Crippen LogP contribution in [0.1, 0.15) is 33.6 Å². The van der Waals surface area contributed by atoms with Crippen molar-refractivity contribution in [2.24, 2.45) is 10.7 Å². The van der Waals surface area contributed by atoms with Crippen molar-refractivity contribution >= 4 is 5.84 Å². The number of aliphatic imine (C=N–C) groups is 1. The Morgan fingerprint density at radius 1 is 1.58 bits per heavy atom. The van der Waals surface area contributed by atoms with E-state index in [0.717, 1.165) is 0 Å². The maximum atomic E-state index is 5.80. The summed E-state index contributed by atoms with van der Waals surface area (Å²) < 4.78 is 5.46. The molecule has 0 bridgehead atoms. The van der Waals surface area contributed by atoms with Gasteiger partial charge in [-0.05, 0) is 33.6 Å². The molecule has 0 amide bonds. The largest absolute Gasteiger partial charge is 0.385 e. The van der Waals surface area contributed by atoms with E-state index in [1.54, 1.807) is 0 Å². The van der Waals surface area contributed by atoms with E-state index < -0.39 is 5.60 Å². The first-order chi connectivity index (χ1) is 5.56. The van der Waals surface area contributed by atoms with E-state index in [0.29, 0.717) is 18.5 Å². The molecule has 0 saturated heterocycles. The van der Waals surface area contributed by atoms with Gasteiger partial charge in [-0.1, -0.05) is 0 Å². The van der Waals surface area contributed by atoms with Crippen LogP contribution in [0.5, 0.6) is 0 Å². The van der Waals surface area contributed by atoms with Gasteiger partial charge in [0, 0.05) is 6.61 Å². The minimum absolute atomic E-state index is 0.392. The lowest BCUT2D eigenvalue weighted by Crippen LogP contribution is -2.41. The number of rotatable bonds is 4. The first kappa shape index (κ1) is 9.52. The average molecular weight is 170 g/mol. The van der Waals surface area contributed by atoms with Crippen LogP contribution in [0.25, 0.3) is 0 Å². The van der Waals surface area contributed by atoms with E-state index in [9.17, 15) is 0 Å². The van der Waals surface area contributed by atoms with Crippen molar-refractivity contribution in [3.05, 3.63) is 0 Å². The highest BCUT2D eigenvalue weighted by Gasteiger charge is 2.27. The highest BCUT2D eigenvalue weighted by molar-refractivity contribution is 5.88. The summed E-state index contributed by atoms with van der Waals surface area (Å²) in [5, 5.41) is 0. The Morgan fingerprint density at radius 2 is 2.17 bits per heavy atom. The van der Waals surface area contributed by atoms with Crippen molar-refractivity contribution in [3.8, 4) is 0 Å². The molecule has 1 aliphatic rings. The summed E-state index contributed by atoms with van der Waals surface area (Å²) in [5.74, 6) is 0.631. The molecule has 0 atom stereocenters. The molecule has 1 aliphatic carbocycles. The number of nitrogens with two attached hydrogens (primary N) is 1. The predicted molar refractivity (Wildman–Crippen MR) is 50.3 cm³/mol. The van der Waals surface area contributed by atoms with Crippen molar-refractivity contribution in [1.82, 2.24) is 0 Å². The van der Waals surface area contributed by atoms with Crippen LogP contribution < -0.4 is 5.73 Å². The van der Waals surface area contributed by atoms with Gasteiger partial charge in [-0.25, -0.2) is 0 Å². The van der Waals surface area contributed by atoms with Gasteiger partial charge in [-0.2, -0.15) is 0 Å². The third-order valence-electron chi connectivity index (χ3n) is 1.99. The van der Waals surface area contributed by atoms with Crippen LogP contribution in [0.15, 0.2) is 4.99 Å². The van der Waals surface area contributed by atoms with Crippen LogP contribution in [0, 0.1) is 0 Å². The first-order valence-electron chi connectivity index (χ1n) is 4.54. The summed E-state index contributed by atoms with van der Waals surface area (Å²) in [6.07, 6.45) is 2.37. The molecule has 12 heavy (non-hydrogen) atoms. The van der Waals surface area contributed by atoms with E-state index >= 15 is 0 Å². The van der Waals surface area contributed by atoms with Gasteiger partial charge in [0.2, 0.25) is 0 Å². The smallest absolute Gasteiger partial charge is 0.126 e. The lowest BCUT2D eigenvalue weighted by Gasteiger charge is -2.23. The molecule has 0 aliphatic heterocycles. The fourth-order valence-electron chi connectivity index (χ4n) is 0.991. The second-order valence-corrected chi connectivity index (χ2v) is 3.69. The number of amidine groups is 1. The Balaban J connectivity index is 2.52. The summed E-state index contributed by atoms with van der Waals surface area (Å²) in [5.41, 5.74) is 5.41. The molecule has 3 heteroatoms. The molecule has 1 fully saturated rings. The predicted octanol–water partition coefficient (Wildman–Crippen LogP) is 1.32. The molecule has 0 heterocycles. The Morgan fingerprint density at radius 3 is 2.58 bits per heavy atom. The SMILES string of the molecule is CCOC(C)(C)C(N)=NC1CC1. The van der Waals surface area contributed by atoms with Crippen LogP contribution in [0.4, 0.5) is 0 Å². The standard InChI is InChI=1S/C9H18N2O/c1-4-12-9(2,3)8(10)11-7-5-6-7/h7H,4-6H2,1-3H3,(H2,10,11). The van der Waals surface area contributed by atoms with Crippen molar-refractivity contribution < 1.29 is 4.74 Å². The van der Waals surface area contributed by atoms with Gasteiger partial charge in [0.1, 0.15) is 11.4 Å². The van der Waals surface area contributed by atoms with E-state index in [-0.39, 0.29) is 0 Å². The summed E-state index contributed by atoms with van der Waals surface area (Å²) in [4.78, 5) is 4.35. The summed E-state index contributed by atoms with van der Waals surface area (Å²) >= 11 is 0. The van der Waals surface area contributed by atoms with Crippen LogP contribution in [0.3, 0.4) is 0 Å². The molecule has 3 nitrogen and oxygen atoms in total. The normalized spacial score (nSPS) is 19.8. The summed E-state index contributed by atoms with van der Waals surface area (Å²) in [7, 11) is 0. The van der Waals surface area contributed by atoms with E-state index in [4.69, 9.17) is 10.5 Å². The highest BCUT2D eigenvalue weighted by Crippen LogP contribution is 2.24. The zero-order valence-electron chi connectivity index (χ0n) is 8.13. The Labute approximate surface area is 74.0 Å². The minimum atomic E-state index is -0.392. The topological polar surface area (TPSA) is 47.6 Å². The monoisotopic (exact) mass is 170 g/mol. The third-order valence-corrected chi connectivity index (χ3v) is 1.99. The molecule has 1 rings (SSSR count). The number of hydrogen-bond acceptors (Lipinski definition) is 2. The van der Waals surface area contributed by atoms with Crippen LogP contribution in [-0.4, -0.2) is 24.1 Å². The maximum absolute atomic E-state index is 5.80. The molecular formula is C9H18N2O. The highest BCUT2D eigenvalue weighted by atomic mass is 16.5. The number of hydrogen-bond donors (Lipinski definition) is 1. The van der Waals surface area contributed by atoms with Gasteiger partial charge in [0.25, 0.3) is 0 Å². The van der Waals surface area contributed by atoms with Crippen molar-refractivity contribution in [3.63, 3.8) is 0 Å². The van der Waals surface area contributed by atoms with Gasteiger partial charge in [0.05, 0.1) is 6.04 Å². The molecule has 0 spiro atoms. The van der Waals surface area contributed by atoms with E-state index in [2.05, 4.69) is 4.99 Å². The second kappa shape index (κ2) is 3.44. The minimum Gasteiger partial charge on any atom is -0.385 e. The molecule has 0 aromatic rings. The fourth-order valence-corrected chi connectivity index (χ4v) is 0.991. The molecular weight excluding hydrogens is 152 g/mol. The van der Waals surface area contributed by atoms with Gasteiger partial charge in [-0.15, -0.1) is 0 Å². The summed E-state index contributed by atoms with van der Waals surface area (Å²) in [6.45, 7) is 6.55. The van der Waals surface area contributed by atoms with E-state index in [1.807, 2.05) is 20.8 Å². The van der Waals surface area contributed by atoms with Gasteiger partial charge >= 0.3 is 0 Å². The molecule has 0 unspecified atom stereocenters. The zero-order valence-corrected chi connectivity index (χ0v) is 8.13. The summed E-state index contributed by atoms with van der Waals surface area (Å²) in [6, 6.07) is 0.477. The van der Waals surface area contributed by atoms with Gasteiger partial charge in [0.15, 0.2) is 0 Å². The molecule has 0 radical (unpaired) electrons. The fraction of sp³-hybridized carbons (Fsp3) is 0.889. The number of nitrogens with zero attached hydrogens (tertiary/aromatic N) is 1. The molecule has 0 aromatic carbocycles. The Hall–Kier alpha value is -0.570. The molecule has 70 valence electrons. The first-order valence-corrected chi connectivity index (χ1v) is 4.54. The quantitative estimate of drug-likeness (QED) is 0.511. The lowest BCUT2D eigenvalue weighted by molar-refractivity contribution is 0.0429. The van der Waals surface area contributed by atoms with Crippen molar-refractivity contribution in [2.45, 2.75) is 45.3 Å². The second-order valence-electron chi connectivity index (χ2n) is 3.69. The molecule has 1 saturated carbocycles. The zero-order chi connectivity index (χ0) is 9.19. The lowest BCUT2D eigenvalue weighted by atomic mass is 10.1. The number of ether oxygens (including phenoxy) is 1. The third kappa shape index (κ3) is 2.48. The van der Waals surface area contributed by atoms with Crippen molar-refractivity contribution in [2.75, 3.05) is 6.61 Å².